The summed E-state index contributed by atoms with van der Waals surface area (Å²) in [4.78, 5) is 16.4. The van der Waals surface area contributed by atoms with E-state index in [0.29, 0.717) is 31.9 Å². The molecule has 126 valence electrons. The number of amides is 1. The van der Waals surface area contributed by atoms with Crippen LogP contribution in [0, 0.1) is 6.92 Å². The monoisotopic (exact) mass is 343 g/mol. The normalized spacial score (nSPS) is 14.3. The molecule has 2 aromatic rings. The van der Waals surface area contributed by atoms with Crippen LogP contribution < -0.4 is 4.74 Å². The van der Waals surface area contributed by atoms with E-state index in [9.17, 15) is 9.90 Å². The molecule has 5 heteroatoms. The quantitative estimate of drug-likeness (QED) is 0.853. The molecule has 0 radical (unpaired) electrons. The summed E-state index contributed by atoms with van der Waals surface area (Å²) in [6.45, 7) is 5.33. The predicted molar refractivity (Wildman–Crippen MR) is 96.5 cm³/mol. The molecule has 0 fully saturated rings. The van der Waals surface area contributed by atoms with Crippen molar-refractivity contribution in [2.75, 3.05) is 13.2 Å². The molecular formula is C19H21NO3S. The van der Waals surface area contributed by atoms with Gasteiger partial charge in [0.2, 0.25) is 5.91 Å². The van der Waals surface area contributed by atoms with Gasteiger partial charge < -0.3 is 14.7 Å². The van der Waals surface area contributed by atoms with Crippen molar-refractivity contribution in [2.24, 2.45) is 0 Å². The second-order valence-corrected chi connectivity index (χ2v) is 7.12. The standard InChI is InChI=1S/C19H21NO3S/c1-3-4-5-18(22)20-8-9-23-19-15(12-20)10-14(11-16(19)21)17-7-6-13(2)24-17/h3-4,6-7,10-11,21H,5,8-9,12H2,1-2H3. The van der Waals surface area contributed by atoms with Crippen LogP contribution >= 0.6 is 11.3 Å². The summed E-state index contributed by atoms with van der Waals surface area (Å²) in [5.74, 6) is 0.700. The highest BCUT2D eigenvalue weighted by molar-refractivity contribution is 7.15. The number of nitrogens with zero attached hydrogens (tertiary/aromatic N) is 1. The number of carbonyl (C=O) groups is 1. The number of aryl methyl sites for hydroxylation is 1. The summed E-state index contributed by atoms with van der Waals surface area (Å²) >= 11 is 1.68. The van der Waals surface area contributed by atoms with Crippen molar-refractivity contribution in [3.05, 3.63) is 46.9 Å². The Hall–Kier alpha value is -2.27. The highest BCUT2D eigenvalue weighted by atomic mass is 32.1. The van der Waals surface area contributed by atoms with E-state index in [0.717, 1.165) is 16.0 Å². The number of hydrogen-bond donors (Lipinski definition) is 1. The van der Waals surface area contributed by atoms with E-state index in [2.05, 4.69) is 13.0 Å². The highest BCUT2D eigenvalue weighted by Gasteiger charge is 2.22. The van der Waals surface area contributed by atoms with E-state index in [1.807, 2.05) is 31.2 Å². The minimum absolute atomic E-state index is 0.0708. The Kier molecular flexibility index (Phi) is 4.90. The number of rotatable bonds is 3. The summed E-state index contributed by atoms with van der Waals surface area (Å²) in [5.41, 5.74) is 1.80. The molecule has 1 aliphatic heterocycles. The Labute approximate surface area is 146 Å². The van der Waals surface area contributed by atoms with E-state index in [1.54, 1.807) is 22.3 Å². The van der Waals surface area contributed by atoms with E-state index in [1.165, 1.54) is 4.88 Å². The number of ether oxygens (including phenoxy) is 1. The summed E-state index contributed by atoms with van der Waals surface area (Å²) in [7, 11) is 0. The highest BCUT2D eigenvalue weighted by Crippen LogP contribution is 2.39. The van der Waals surface area contributed by atoms with Crippen LogP contribution in [0.2, 0.25) is 0 Å². The van der Waals surface area contributed by atoms with Crippen molar-refractivity contribution in [1.29, 1.82) is 0 Å². The Morgan fingerprint density at radius 3 is 2.96 bits per heavy atom. The molecule has 0 saturated heterocycles. The minimum atomic E-state index is 0.0708. The Morgan fingerprint density at radius 1 is 1.42 bits per heavy atom. The molecule has 0 atom stereocenters. The van der Waals surface area contributed by atoms with E-state index in [4.69, 9.17) is 4.74 Å². The number of allylic oxidation sites excluding steroid dienone is 1. The zero-order valence-corrected chi connectivity index (χ0v) is 14.7. The summed E-state index contributed by atoms with van der Waals surface area (Å²) in [6.07, 6.45) is 4.13. The van der Waals surface area contributed by atoms with Gasteiger partial charge in [-0.15, -0.1) is 11.3 Å². The molecule has 1 N–H and O–H groups in total. The van der Waals surface area contributed by atoms with Crippen molar-refractivity contribution < 1.29 is 14.6 Å². The number of aromatic hydroxyl groups is 1. The molecule has 1 aromatic heterocycles. The molecule has 1 amide bonds. The van der Waals surface area contributed by atoms with Crippen molar-refractivity contribution >= 4 is 17.2 Å². The number of phenols is 1. The first-order valence-electron chi connectivity index (χ1n) is 8.03. The van der Waals surface area contributed by atoms with Crippen LogP contribution in [0.3, 0.4) is 0 Å². The largest absolute Gasteiger partial charge is 0.504 e. The molecule has 0 bridgehead atoms. The van der Waals surface area contributed by atoms with E-state index in [-0.39, 0.29) is 11.7 Å². The van der Waals surface area contributed by atoms with Crippen LogP contribution in [0.1, 0.15) is 23.8 Å². The second kappa shape index (κ2) is 7.09. The third kappa shape index (κ3) is 3.46. The Morgan fingerprint density at radius 2 is 2.25 bits per heavy atom. The molecule has 0 aliphatic carbocycles. The molecule has 0 saturated carbocycles. The van der Waals surface area contributed by atoms with Gasteiger partial charge in [-0.1, -0.05) is 12.2 Å². The molecule has 0 spiro atoms. The van der Waals surface area contributed by atoms with Gasteiger partial charge in [0.25, 0.3) is 0 Å². The predicted octanol–water partition coefficient (Wildman–Crippen LogP) is 4.12. The number of phenolic OH excluding ortho intramolecular Hbond substituents is 1. The second-order valence-electron chi connectivity index (χ2n) is 5.83. The van der Waals surface area contributed by atoms with Crippen molar-refractivity contribution in [3.8, 4) is 21.9 Å². The lowest BCUT2D eigenvalue weighted by Gasteiger charge is -2.19. The van der Waals surface area contributed by atoms with Gasteiger partial charge in [-0.05, 0) is 43.7 Å². The third-order valence-electron chi connectivity index (χ3n) is 4.02. The number of hydrogen-bond acceptors (Lipinski definition) is 4. The summed E-state index contributed by atoms with van der Waals surface area (Å²) < 4.78 is 5.70. The molecule has 4 nitrogen and oxygen atoms in total. The molecule has 2 heterocycles. The first-order valence-corrected chi connectivity index (χ1v) is 8.84. The number of carbonyl (C=O) groups excluding carboxylic acids is 1. The van der Waals surface area contributed by atoms with Crippen LogP contribution in [0.25, 0.3) is 10.4 Å². The Bertz CT molecular complexity index is 779. The van der Waals surface area contributed by atoms with Crippen molar-refractivity contribution in [2.45, 2.75) is 26.8 Å². The molecule has 3 rings (SSSR count). The average molecular weight is 343 g/mol. The molecule has 0 unspecified atom stereocenters. The lowest BCUT2D eigenvalue weighted by molar-refractivity contribution is -0.131. The lowest BCUT2D eigenvalue weighted by Crippen LogP contribution is -2.31. The fourth-order valence-electron chi connectivity index (χ4n) is 2.79. The van der Waals surface area contributed by atoms with Gasteiger partial charge in [0, 0.05) is 28.3 Å². The van der Waals surface area contributed by atoms with Gasteiger partial charge in [-0.2, -0.15) is 0 Å². The minimum Gasteiger partial charge on any atom is -0.504 e. The first-order chi connectivity index (χ1) is 11.6. The average Bonchev–Trinajstić information content (AvgIpc) is 2.87. The van der Waals surface area contributed by atoms with Crippen LogP contribution in [-0.2, 0) is 11.3 Å². The molecule has 1 aliphatic rings. The Balaban J connectivity index is 1.92. The maximum Gasteiger partial charge on any atom is 0.226 e. The zero-order valence-electron chi connectivity index (χ0n) is 13.9. The van der Waals surface area contributed by atoms with Crippen molar-refractivity contribution in [3.63, 3.8) is 0 Å². The van der Waals surface area contributed by atoms with Crippen LogP contribution in [0.4, 0.5) is 0 Å². The van der Waals surface area contributed by atoms with Crippen LogP contribution in [0.15, 0.2) is 36.4 Å². The third-order valence-corrected chi connectivity index (χ3v) is 5.07. The molecule has 1 aromatic carbocycles. The van der Waals surface area contributed by atoms with Gasteiger partial charge in [0.15, 0.2) is 11.5 Å². The first kappa shape index (κ1) is 16.6. The maximum absolute atomic E-state index is 12.3. The van der Waals surface area contributed by atoms with Gasteiger partial charge >= 0.3 is 0 Å². The number of thiophene rings is 1. The summed E-state index contributed by atoms with van der Waals surface area (Å²) in [6, 6.07) is 7.86. The number of fused-ring (bicyclic) bond motifs is 1. The van der Waals surface area contributed by atoms with E-state index >= 15 is 0 Å². The van der Waals surface area contributed by atoms with Gasteiger partial charge in [-0.25, -0.2) is 0 Å². The van der Waals surface area contributed by atoms with Gasteiger partial charge in [-0.3, -0.25) is 4.79 Å². The topological polar surface area (TPSA) is 49.8 Å². The fraction of sp³-hybridized carbons (Fsp3) is 0.316. The van der Waals surface area contributed by atoms with Crippen LogP contribution in [0.5, 0.6) is 11.5 Å². The van der Waals surface area contributed by atoms with E-state index < -0.39 is 0 Å². The molecule has 24 heavy (non-hydrogen) atoms. The lowest BCUT2D eigenvalue weighted by atomic mass is 10.1. The number of benzene rings is 1. The van der Waals surface area contributed by atoms with Crippen molar-refractivity contribution in [1.82, 2.24) is 4.90 Å². The fourth-order valence-corrected chi connectivity index (χ4v) is 3.65. The van der Waals surface area contributed by atoms with Gasteiger partial charge in [0.05, 0.1) is 6.54 Å². The smallest absolute Gasteiger partial charge is 0.226 e. The van der Waals surface area contributed by atoms with Gasteiger partial charge in [0.1, 0.15) is 6.61 Å². The SMILES string of the molecule is CC=CCC(=O)N1CCOc2c(O)cc(-c3ccc(C)s3)cc2C1. The van der Waals surface area contributed by atoms with Crippen LogP contribution in [-0.4, -0.2) is 29.1 Å². The summed E-state index contributed by atoms with van der Waals surface area (Å²) in [5, 5.41) is 10.4. The zero-order chi connectivity index (χ0) is 17.1. The maximum atomic E-state index is 12.3. The molecular weight excluding hydrogens is 322 g/mol.